The minimum Gasteiger partial charge on any atom is -0.675 e. The van der Waals surface area contributed by atoms with Crippen LogP contribution in [0.3, 0.4) is 0 Å². The summed E-state index contributed by atoms with van der Waals surface area (Å²) in [7, 11) is 0. The van der Waals surface area contributed by atoms with Gasteiger partial charge in [0.1, 0.15) is 0 Å². The van der Waals surface area contributed by atoms with E-state index < -0.39 is 0 Å². The van der Waals surface area contributed by atoms with Gasteiger partial charge in [-0.2, -0.15) is 0 Å². The SMILES string of the molecule is [CH3-].[CH3-].[NH-]C1CCCCCCCCCCC1.[Ti+3]. The summed E-state index contributed by atoms with van der Waals surface area (Å²) < 4.78 is 0. The number of hydrogen-bond donors (Lipinski definition) is 0. The largest absolute Gasteiger partial charge is 3.00 e. The molecule has 1 N–H and O–H groups in total. The standard InChI is InChI=1S/C12H24N.2CH3.Ti/c13-12-10-8-6-4-2-1-3-5-7-9-11-12;;;/h12-13H,1-11H2;2*1H3;/q3*-1;+3. The average molecular weight is 260 g/mol. The Morgan fingerprint density at radius 2 is 0.812 bits per heavy atom. The van der Waals surface area contributed by atoms with E-state index in [0.29, 0.717) is 0 Å². The van der Waals surface area contributed by atoms with Crippen LogP contribution in [0.1, 0.15) is 70.6 Å². The maximum absolute atomic E-state index is 7.80. The molecule has 0 atom stereocenters. The van der Waals surface area contributed by atoms with Crippen molar-refractivity contribution in [2.24, 2.45) is 0 Å². The first kappa shape index (κ1) is 21.9. The monoisotopic (exact) mass is 260 g/mol. The van der Waals surface area contributed by atoms with Crippen LogP contribution in [0.15, 0.2) is 0 Å². The Balaban J connectivity index is -0.000000563. The van der Waals surface area contributed by atoms with Crippen LogP contribution in [-0.2, 0) is 21.7 Å². The Morgan fingerprint density at radius 3 is 1.12 bits per heavy atom. The summed E-state index contributed by atoms with van der Waals surface area (Å²) in [6, 6.07) is 0.249. The normalized spacial score (nSPS) is 20.1. The van der Waals surface area contributed by atoms with Gasteiger partial charge in [0.2, 0.25) is 0 Å². The Hall–Kier alpha value is 0.674. The predicted molar refractivity (Wildman–Crippen MR) is 71.7 cm³/mol. The first-order valence-electron chi connectivity index (χ1n) is 6.11. The van der Waals surface area contributed by atoms with Crippen molar-refractivity contribution >= 4 is 0 Å². The minimum absolute atomic E-state index is 0. The van der Waals surface area contributed by atoms with Crippen molar-refractivity contribution in [3.63, 3.8) is 0 Å². The molecule has 1 fully saturated rings. The van der Waals surface area contributed by atoms with Gasteiger partial charge in [-0.15, -0.1) is 6.04 Å². The molecule has 0 aliphatic heterocycles. The van der Waals surface area contributed by atoms with Crippen molar-refractivity contribution < 1.29 is 21.7 Å². The quantitative estimate of drug-likeness (QED) is 0.399. The van der Waals surface area contributed by atoms with E-state index in [1.165, 1.54) is 57.8 Å². The summed E-state index contributed by atoms with van der Waals surface area (Å²) in [6.45, 7) is 0. The number of rotatable bonds is 0. The van der Waals surface area contributed by atoms with E-state index in [0.717, 1.165) is 12.8 Å². The molecule has 0 amide bonds. The van der Waals surface area contributed by atoms with Crippen LogP contribution in [0, 0.1) is 14.9 Å². The molecule has 1 rings (SSSR count). The maximum Gasteiger partial charge on any atom is 3.00 e. The smallest absolute Gasteiger partial charge is 0.675 e. The second kappa shape index (κ2) is 15.7. The number of nitrogens with one attached hydrogen (secondary N) is 1. The minimum atomic E-state index is 0. The third-order valence-electron chi connectivity index (χ3n) is 3.11. The molecule has 95 valence electrons. The van der Waals surface area contributed by atoms with Crippen LogP contribution in [0.25, 0.3) is 5.73 Å². The zero-order chi connectivity index (χ0) is 9.36. The molecule has 1 radical (unpaired) electrons. The summed E-state index contributed by atoms with van der Waals surface area (Å²) in [5, 5.41) is 0. The van der Waals surface area contributed by atoms with Crippen molar-refractivity contribution in [3.8, 4) is 0 Å². The maximum atomic E-state index is 7.80. The van der Waals surface area contributed by atoms with Crippen molar-refractivity contribution in [2.45, 2.75) is 76.7 Å². The zero-order valence-corrected chi connectivity index (χ0v) is 12.9. The molecular weight excluding hydrogens is 230 g/mol. The summed E-state index contributed by atoms with van der Waals surface area (Å²) >= 11 is 0. The molecule has 0 bridgehead atoms. The summed E-state index contributed by atoms with van der Waals surface area (Å²) in [5.41, 5.74) is 7.80. The Bertz CT molecular complexity index is 105. The molecule has 16 heavy (non-hydrogen) atoms. The van der Waals surface area contributed by atoms with E-state index in [-0.39, 0.29) is 42.6 Å². The van der Waals surface area contributed by atoms with E-state index in [2.05, 4.69) is 0 Å². The zero-order valence-electron chi connectivity index (χ0n) is 11.4. The molecule has 0 saturated heterocycles. The van der Waals surface area contributed by atoms with Gasteiger partial charge in [-0.3, -0.25) is 0 Å². The molecule has 1 aliphatic rings. The average Bonchev–Trinajstić information content (AvgIpc) is 2.11. The van der Waals surface area contributed by atoms with Crippen LogP contribution in [0.5, 0.6) is 0 Å². The van der Waals surface area contributed by atoms with Gasteiger partial charge in [0.05, 0.1) is 0 Å². The third-order valence-corrected chi connectivity index (χ3v) is 3.11. The van der Waals surface area contributed by atoms with E-state index >= 15 is 0 Å². The van der Waals surface area contributed by atoms with E-state index in [9.17, 15) is 0 Å². The van der Waals surface area contributed by atoms with Crippen LogP contribution in [-0.4, -0.2) is 6.04 Å². The van der Waals surface area contributed by atoms with Gasteiger partial charge >= 0.3 is 21.7 Å². The topological polar surface area (TPSA) is 23.8 Å². The van der Waals surface area contributed by atoms with Crippen LogP contribution in [0.2, 0.25) is 0 Å². The fourth-order valence-electron chi connectivity index (χ4n) is 2.16. The van der Waals surface area contributed by atoms with Crippen molar-refractivity contribution in [1.82, 2.24) is 0 Å². The molecule has 0 aromatic heterocycles. The fraction of sp³-hybridized carbons (Fsp3) is 0.857. The molecule has 1 aliphatic carbocycles. The second-order valence-corrected chi connectivity index (χ2v) is 4.46. The van der Waals surface area contributed by atoms with Gasteiger partial charge in [0.25, 0.3) is 0 Å². The van der Waals surface area contributed by atoms with Crippen molar-refractivity contribution in [3.05, 3.63) is 20.6 Å². The van der Waals surface area contributed by atoms with E-state index in [1.54, 1.807) is 0 Å². The molecule has 1 saturated carbocycles. The van der Waals surface area contributed by atoms with Crippen molar-refractivity contribution in [2.75, 3.05) is 0 Å². The predicted octanol–water partition coefficient (Wildman–Crippen LogP) is 5.61. The molecule has 1 nitrogen and oxygen atoms in total. The molecule has 0 spiro atoms. The molecule has 0 aromatic carbocycles. The van der Waals surface area contributed by atoms with Crippen LogP contribution < -0.4 is 0 Å². The first-order valence-corrected chi connectivity index (χ1v) is 6.11. The van der Waals surface area contributed by atoms with E-state index in [1.807, 2.05) is 0 Å². The first-order chi connectivity index (χ1) is 6.39. The molecule has 0 aromatic rings. The van der Waals surface area contributed by atoms with Crippen LogP contribution >= 0.6 is 0 Å². The van der Waals surface area contributed by atoms with Crippen LogP contribution in [0.4, 0.5) is 0 Å². The second-order valence-electron chi connectivity index (χ2n) is 4.46. The Labute approximate surface area is 119 Å². The fourth-order valence-corrected chi connectivity index (χ4v) is 2.16. The molecular formula is C14H30NTi. The molecule has 2 heteroatoms. The molecule has 0 unspecified atom stereocenters. The van der Waals surface area contributed by atoms with E-state index in [4.69, 9.17) is 5.73 Å². The van der Waals surface area contributed by atoms with Gasteiger partial charge in [0.15, 0.2) is 0 Å². The van der Waals surface area contributed by atoms with Gasteiger partial charge in [-0.05, 0) is 0 Å². The summed E-state index contributed by atoms with van der Waals surface area (Å²) in [4.78, 5) is 0. The summed E-state index contributed by atoms with van der Waals surface area (Å²) in [5.74, 6) is 0. The Kier molecular flexibility index (Phi) is 21.5. The van der Waals surface area contributed by atoms with Gasteiger partial charge in [0, 0.05) is 0 Å². The third kappa shape index (κ3) is 12.7. The number of hydrogen-bond acceptors (Lipinski definition) is 0. The molecule has 0 heterocycles. The Morgan fingerprint density at radius 1 is 0.562 bits per heavy atom. The van der Waals surface area contributed by atoms with Crippen molar-refractivity contribution in [1.29, 1.82) is 0 Å². The summed E-state index contributed by atoms with van der Waals surface area (Å²) in [6.07, 6.45) is 14.8. The van der Waals surface area contributed by atoms with Gasteiger partial charge < -0.3 is 20.6 Å². The van der Waals surface area contributed by atoms with Gasteiger partial charge in [-0.25, -0.2) is 0 Å². The van der Waals surface area contributed by atoms with Gasteiger partial charge in [-0.1, -0.05) is 70.6 Å².